The van der Waals surface area contributed by atoms with E-state index in [0.717, 1.165) is 29.3 Å². The number of carbonyl (C=O) groups excluding carboxylic acids is 1. The molecule has 0 aliphatic carbocycles. The third-order valence-electron chi connectivity index (χ3n) is 3.70. The summed E-state index contributed by atoms with van der Waals surface area (Å²) in [5.41, 5.74) is 0.820. The molecule has 1 amide bonds. The highest BCUT2D eigenvalue weighted by molar-refractivity contribution is 7.80. The summed E-state index contributed by atoms with van der Waals surface area (Å²) in [6.07, 6.45) is 1.07. The Kier molecular flexibility index (Phi) is 7.77. The average molecular weight is 433 g/mol. The lowest BCUT2D eigenvalue weighted by molar-refractivity contribution is -0.122. The Morgan fingerprint density at radius 2 is 1.81 bits per heavy atom. The second kappa shape index (κ2) is 9.60. The van der Waals surface area contributed by atoms with Crippen LogP contribution in [0.25, 0.3) is 10.8 Å². The Morgan fingerprint density at radius 1 is 1.12 bits per heavy atom. The van der Waals surface area contributed by atoms with Gasteiger partial charge in [0.1, 0.15) is 6.17 Å². The normalized spacial score (nSPS) is 12.5. The highest BCUT2D eigenvalue weighted by Crippen LogP contribution is 2.29. The molecule has 0 radical (unpaired) electrons. The Hall–Kier alpha value is -1.27. The number of fused-ring (bicyclic) bond motifs is 1. The molecule has 1 unspecified atom stereocenters. The lowest BCUT2D eigenvalue weighted by atomic mass is 10.1. The predicted molar refractivity (Wildman–Crippen MR) is 115 cm³/mol. The van der Waals surface area contributed by atoms with Gasteiger partial charge >= 0.3 is 0 Å². The van der Waals surface area contributed by atoms with E-state index in [0.29, 0.717) is 6.42 Å². The van der Waals surface area contributed by atoms with E-state index < -0.39 is 9.96 Å². The number of unbranched alkanes of at least 4 members (excludes halogenated alkanes) is 1. The van der Waals surface area contributed by atoms with E-state index in [1.54, 1.807) is 0 Å². The lowest BCUT2D eigenvalue weighted by Crippen LogP contribution is -2.56. The van der Waals surface area contributed by atoms with Crippen molar-refractivity contribution in [3.8, 4) is 0 Å². The van der Waals surface area contributed by atoms with Crippen LogP contribution < -0.4 is 16.0 Å². The third kappa shape index (κ3) is 6.16. The molecule has 8 heteroatoms. The molecule has 140 valence electrons. The van der Waals surface area contributed by atoms with Gasteiger partial charge in [0.05, 0.1) is 0 Å². The van der Waals surface area contributed by atoms with Crippen molar-refractivity contribution < 1.29 is 4.79 Å². The molecule has 0 aromatic heterocycles. The van der Waals surface area contributed by atoms with Gasteiger partial charge in [-0.05, 0) is 30.1 Å². The SMILES string of the molecule is CCCCC(=O)NC(NC(=S)Nc1cccc2ccccc12)C(Cl)(Cl)Cl. The van der Waals surface area contributed by atoms with Gasteiger partial charge in [-0.3, -0.25) is 4.79 Å². The number of hydrogen-bond donors (Lipinski definition) is 3. The van der Waals surface area contributed by atoms with Gasteiger partial charge in [0.2, 0.25) is 9.70 Å². The highest BCUT2D eigenvalue weighted by Gasteiger charge is 2.34. The molecule has 4 nitrogen and oxygen atoms in total. The number of benzene rings is 2. The number of halogens is 3. The van der Waals surface area contributed by atoms with Gasteiger partial charge in [-0.1, -0.05) is 84.5 Å². The fourth-order valence-electron chi connectivity index (χ4n) is 2.39. The minimum atomic E-state index is -1.76. The van der Waals surface area contributed by atoms with Gasteiger partial charge < -0.3 is 16.0 Å². The van der Waals surface area contributed by atoms with E-state index in [2.05, 4.69) is 16.0 Å². The van der Waals surface area contributed by atoms with E-state index >= 15 is 0 Å². The van der Waals surface area contributed by atoms with Crippen LogP contribution in [-0.2, 0) is 4.79 Å². The summed E-state index contributed by atoms with van der Waals surface area (Å²) < 4.78 is -1.76. The molecule has 0 heterocycles. The fourth-order valence-corrected chi connectivity index (χ4v) is 2.95. The van der Waals surface area contributed by atoms with Crippen LogP contribution in [0.5, 0.6) is 0 Å². The zero-order valence-corrected chi connectivity index (χ0v) is 17.3. The zero-order valence-electron chi connectivity index (χ0n) is 14.2. The van der Waals surface area contributed by atoms with Crippen molar-refractivity contribution in [1.29, 1.82) is 0 Å². The van der Waals surface area contributed by atoms with Crippen LogP contribution in [0.2, 0.25) is 0 Å². The molecule has 0 fully saturated rings. The first-order chi connectivity index (χ1) is 12.3. The van der Waals surface area contributed by atoms with E-state index in [1.807, 2.05) is 49.4 Å². The summed E-state index contributed by atoms with van der Waals surface area (Å²) in [7, 11) is 0. The first-order valence-electron chi connectivity index (χ1n) is 8.22. The lowest BCUT2D eigenvalue weighted by Gasteiger charge is -2.28. The van der Waals surface area contributed by atoms with Crippen LogP contribution in [0.1, 0.15) is 26.2 Å². The van der Waals surface area contributed by atoms with Gasteiger partial charge in [0.25, 0.3) is 0 Å². The number of alkyl halides is 3. The number of nitrogens with one attached hydrogen (secondary N) is 3. The average Bonchev–Trinajstić information content (AvgIpc) is 2.59. The van der Waals surface area contributed by atoms with Crippen LogP contribution in [0.3, 0.4) is 0 Å². The second-order valence-electron chi connectivity index (χ2n) is 5.77. The molecule has 0 saturated heterocycles. The number of amides is 1. The van der Waals surface area contributed by atoms with Crippen molar-refractivity contribution >= 4 is 74.5 Å². The third-order valence-corrected chi connectivity index (χ3v) is 4.58. The zero-order chi connectivity index (χ0) is 19.2. The van der Waals surface area contributed by atoms with Crippen molar-refractivity contribution in [3.05, 3.63) is 42.5 Å². The Balaban J connectivity index is 2.08. The van der Waals surface area contributed by atoms with Gasteiger partial charge in [0.15, 0.2) is 5.11 Å². The van der Waals surface area contributed by atoms with Crippen molar-refractivity contribution in [1.82, 2.24) is 10.6 Å². The standard InChI is InChI=1S/C18H20Cl3N3OS/c1-2-3-11-15(25)23-16(18(19,20)21)24-17(26)22-14-10-6-8-12-7-4-5-9-13(12)14/h4-10,16H,2-3,11H2,1H3,(H,23,25)(H2,22,24,26). The van der Waals surface area contributed by atoms with E-state index in [-0.39, 0.29) is 11.0 Å². The molecule has 0 aliphatic heterocycles. The van der Waals surface area contributed by atoms with Crippen molar-refractivity contribution in [2.24, 2.45) is 0 Å². The number of anilines is 1. The van der Waals surface area contributed by atoms with E-state index in [9.17, 15) is 4.79 Å². The summed E-state index contributed by atoms with van der Waals surface area (Å²) in [6, 6.07) is 13.7. The number of hydrogen-bond acceptors (Lipinski definition) is 2. The maximum Gasteiger partial charge on any atom is 0.228 e. The topological polar surface area (TPSA) is 53.2 Å². The second-order valence-corrected chi connectivity index (χ2v) is 8.55. The molecular weight excluding hydrogens is 413 g/mol. The van der Waals surface area contributed by atoms with Crippen molar-refractivity contribution in [2.45, 2.75) is 36.1 Å². The van der Waals surface area contributed by atoms with Crippen LogP contribution in [-0.4, -0.2) is 21.0 Å². The first-order valence-corrected chi connectivity index (χ1v) is 9.77. The van der Waals surface area contributed by atoms with Crippen LogP contribution >= 0.6 is 47.0 Å². The smallest absolute Gasteiger partial charge is 0.228 e. The Morgan fingerprint density at radius 3 is 2.50 bits per heavy atom. The molecule has 1 atom stereocenters. The molecular formula is C18H20Cl3N3OS. The molecule has 3 N–H and O–H groups in total. The number of rotatable bonds is 6. The molecule has 2 aromatic rings. The van der Waals surface area contributed by atoms with Gasteiger partial charge in [-0.25, -0.2) is 0 Å². The van der Waals surface area contributed by atoms with Crippen molar-refractivity contribution in [3.63, 3.8) is 0 Å². The summed E-state index contributed by atoms with van der Waals surface area (Å²) in [6.45, 7) is 2.00. The Bertz CT molecular complexity index is 774. The monoisotopic (exact) mass is 431 g/mol. The van der Waals surface area contributed by atoms with E-state index in [4.69, 9.17) is 47.0 Å². The quantitative estimate of drug-likeness (QED) is 0.336. The predicted octanol–water partition coefficient (Wildman–Crippen LogP) is 5.13. The minimum Gasteiger partial charge on any atom is -0.339 e. The molecule has 0 aliphatic rings. The number of carbonyl (C=O) groups is 1. The molecule has 2 aromatic carbocycles. The summed E-state index contributed by atoms with van der Waals surface area (Å²) in [5.74, 6) is -0.205. The van der Waals surface area contributed by atoms with Gasteiger partial charge in [-0.2, -0.15) is 0 Å². The maximum atomic E-state index is 12.0. The summed E-state index contributed by atoms with van der Waals surface area (Å²) >= 11 is 23.3. The highest BCUT2D eigenvalue weighted by atomic mass is 35.6. The van der Waals surface area contributed by atoms with Gasteiger partial charge in [0, 0.05) is 17.5 Å². The maximum absolute atomic E-state index is 12.0. The molecule has 0 spiro atoms. The van der Waals surface area contributed by atoms with E-state index in [1.165, 1.54) is 0 Å². The van der Waals surface area contributed by atoms with Crippen LogP contribution in [0.4, 0.5) is 5.69 Å². The molecule has 2 rings (SSSR count). The summed E-state index contributed by atoms with van der Waals surface area (Å²) in [4.78, 5) is 12.0. The van der Waals surface area contributed by atoms with Crippen LogP contribution in [0, 0.1) is 0 Å². The molecule has 0 saturated carbocycles. The fraction of sp³-hybridized carbons (Fsp3) is 0.333. The van der Waals surface area contributed by atoms with Crippen LogP contribution in [0.15, 0.2) is 42.5 Å². The molecule has 0 bridgehead atoms. The minimum absolute atomic E-state index is 0.205. The largest absolute Gasteiger partial charge is 0.339 e. The Labute approximate surface area is 173 Å². The van der Waals surface area contributed by atoms with Crippen molar-refractivity contribution in [2.75, 3.05) is 5.32 Å². The number of thiocarbonyl (C=S) groups is 1. The van der Waals surface area contributed by atoms with Gasteiger partial charge in [-0.15, -0.1) is 0 Å². The summed E-state index contributed by atoms with van der Waals surface area (Å²) in [5, 5.41) is 11.0. The molecule has 26 heavy (non-hydrogen) atoms. The first kappa shape index (κ1) is 21.0.